The van der Waals surface area contributed by atoms with Crippen molar-refractivity contribution in [2.45, 2.75) is 33.1 Å². The predicted octanol–water partition coefficient (Wildman–Crippen LogP) is 3.03. The van der Waals surface area contributed by atoms with E-state index in [1.54, 1.807) is 4.68 Å². The highest BCUT2D eigenvalue weighted by Gasteiger charge is 2.19. The lowest BCUT2D eigenvalue weighted by atomic mass is 9.96. The van der Waals surface area contributed by atoms with Gasteiger partial charge in [-0.25, -0.2) is 14.6 Å². The van der Waals surface area contributed by atoms with Gasteiger partial charge in [-0.2, -0.15) is 5.10 Å². The zero-order valence-electron chi connectivity index (χ0n) is 10.4. The molecule has 0 unspecified atom stereocenters. The molecule has 4 nitrogen and oxygen atoms in total. The van der Waals surface area contributed by atoms with E-state index in [4.69, 9.17) is 0 Å². The van der Waals surface area contributed by atoms with Gasteiger partial charge < -0.3 is 0 Å². The van der Waals surface area contributed by atoms with Crippen molar-refractivity contribution < 1.29 is 0 Å². The Kier molecular flexibility index (Phi) is 3.03. The molecule has 2 rings (SSSR count). The summed E-state index contributed by atoms with van der Waals surface area (Å²) in [4.78, 5) is 8.95. The molecule has 90 valence electrons. The number of aromatic nitrogens is 4. The summed E-state index contributed by atoms with van der Waals surface area (Å²) < 4.78 is 2.54. The van der Waals surface area contributed by atoms with Crippen molar-refractivity contribution >= 4 is 15.9 Å². The van der Waals surface area contributed by atoms with Crippen LogP contribution in [-0.2, 0) is 5.41 Å². The molecule has 0 amide bonds. The molecule has 17 heavy (non-hydrogen) atoms. The topological polar surface area (TPSA) is 43.6 Å². The monoisotopic (exact) mass is 294 g/mol. The SMILES string of the molecule is Cc1cnn(-c2cc(Br)nc(C(C)(C)C)n2)c1. The Morgan fingerprint density at radius 2 is 1.94 bits per heavy atom. The van der Waals surface area contributed by atoms with E-state index in [1.807, 2.05) is 25.4 Å². The van der Waals surface area contributed by atoms with Gasteiger partial charge in [-0.3, -0.25) is 0 Å². The Morgan fingerprint density at radius 1 is 1.24 bits per heavy atom. The second kappa shape index (κ2) is 4.22. The Morgan fingerprint density at radius 3 is 2.47 bits per heavy atom. The van der Waals surface area contributed by atoms with E-state index in [2.05, 4.69) is 51.8 Å². The van der Waals surface area contributed by atoms with E-state index in [-0.39, 0.29) is 5.41 Å². The minimum Gasteiger partial charge on any atom is -0.225 e. The highest BCUT2D eigenvalue weighted by molar-refractivity contribution is 9.10. The molecule has 2 heterocycles. The number of nitrogens with zero attached hydrogens (tertiary/aromatic N) is 4. The van der Waals surface area contributed by atoms with Gasteiger partial charge in [0.05, 0.1) is 6.20 Å². The van der Waals surface area contributed by atoms with Gasteiger partial charge in [-0.1, -0.05) is 20.8 Å². The molecule has 0 aromatic carbocycles. The van der Waals surface area contributed by atoms with Gasteiger partial charge in [0.1, 0.15) is 10.4 Å². The highest BCUT2D eigenvalue weighted by atomic mass is 79.9. The van der Waals surface area contributed by atoms with E-state index in [9.17, 15) is 0 Å². The predicted molar refractivity (Wildman–Crippen MR) is 70.3 cm³/mol. The van der Waals surface area contributed by atoms with Crippen molar-refractivity contribution in [1.82, 2.24) is 19.7 Å². The summed E-state index contributed by atoms with van der Waals surface area (Å²) in [7, 11) is 0. The van der Waals surface area contributed by atoms with Crippen LogP contribution in [0.1, 0.15) is 32.2 Å². The molecule has 2 aromatic heterocycles. The third-order valence-corrected chi connectivity index (χ3v) is 2.70. The molecular formula is C12H15BrN4. The Bertz CT molecular complexity index is 540. The highest BCUT2D eigenvalue weighted by Crippen LogP contribution is 2.21. The van der Waals surface area contributed by atoms with Crippen LogP contribution in [0.5, 0.6) is 0 Å². The fourth-order valence-electron chi connectivity index (χ4n) is 1.40. The molecule has 0 aliphatic heterocycles. The summed E-state index contributed by atoms with van der Waals surface area (Å²) in [6.07, 6.45) is 3.76. The fraction of sp³-hybridized carbons (Fsp3) is 0.417. The first-order valence-electron chi connectivity index (χ1n) is 5.43. The molecule has 0 saturated heterocycles. The molecule has 0 bridgehead atoms. The van der Waals surface area contributed by atoms with Crippen molar-refractivity contribution in [2.75, 3.05) is 0 Å². The molecule has 0 fully saturated rings. The Balaban J connectivity index is 2.52. The number of rotatable bonds is 1. The minimum atomic E-state index is -0.0826. The summed E-state index contributed by atoms with van der Waals surface area (Å²) in [6, 6.07) is 1.86. The summed E-state index contributed by atoms with van der Waals surface area (Å²) in [5.41, 5.74) is 1.03. The maximum atomic E-state index is 4.55. The standard InChI is InChI=1S/C12H15BrN4/c1-8-6-14-17(7-8)10-5-9(13)15-11(16-10)12(2,3)4/h5-7H,1-4H3. The third kappa shape index (κ3) is 2.72. The van der Waals surface area contributed by atoms with Crippen molar-refractivity contribution in [3.63, 3.8) is 0 Å². The maximum absolute atomic E-state index is 4.55. The van der Waals surface area contributed by atoms with Crippen LogP contribution in [0, 0.1) is 6.92 Å². The second-order valence-corrected chi connectivity index (χ2v) is 5.90. The third-order valence-electron chi connectivity index (χ3n) is 2.30. The molecule has 0 spiro atoms. The molecule has 2 aromatic rings. The largest absolute Gasteiger partial charge is 0.225 e. The van der Waals surface area contributed by atoms with Crippen LogP contribution in [0.2, 0.25) is 0 Å². The van der Waals surface area contributed by atoms with Gasteiger partial charge in [-0.15, -0.1) is 0 Å². The van der Waals surface area contributed by atoms with Crippen LogP contribution < -0.4 is 0 Å². The van der Waals surface area contributed by atoms with Gasteiger partial charge >= 0.3 is 0 Å². The zero-order valence-corrected chi connectivity index (χ0v) is 12.0. The summed E-state index contributed by atoms with van der Waals surface area (Å²) in [6.45, 7) is 8.27. The lowest BCUT2D eigenvalue weighted by Crippen LogP contribution is -2.17. The van der Waals surface area contributed by atoms with Crippen molar-refractivity contribution in [3.05, 3.63) is 34.5 Å². The smallest absolute Gasteiger partial charge is 0.158 e. The van der Waals surface area contributed by atoms with Gasteiger partial charge in [0, 0.05) is 17.7 Å². The number of aryl methyl sites for hydroxylation is 1. The normalized spacial score (nSPS) is 11.8. The molecular weight excluding hydrogens is 280 g/mol. The first kappa shape index (κ1) is 12.2. The molecule has 0 radical (unpaired) electrons. The van der Waals surface area contributed by atoms with E-state index in [0.29, 0.717) is 0 Å². The quantitative estimate of drug-likeness (QED) is 0.760. The summed E-state index contributed by atoms with van der Waals surface area (Å²) in [5.74, 6) is 1.58. The Hall–Kier alpha value is -1.23. The lowest BCUT2D eigenvalue weighted by molar-refractivity contribution is 0.540. The number of hydrogen-bond acceptors (Lipinski definition) is 3. The molecule has 0 N–H and O–H groups in total. The van der Waals surface area contributed by atoms with Crippen LogP contribution >= 0.6 is 15.9 Å². The van der Waals surface area contributed by atoms with E-state index in [1.165, 1.54) is 0 Å². The molecule has 5 heteroatoms. The van der Waals surface area contributed by atoms with Gasteiger partial charge in [0.2, 0.25) is 0 Å². The van der Waals surface area contributed by atoms with Crippen LogP contribution in [0.15, 0.2) is 23.1 Å². The van der Waals surface area contributed by atoms with Gasteiger partial charge in [0.25, 0.3) is 0 Å². The van der Waals surface area contributed by atoms with Gasteiger partial charge in [-0.05, 0) is 28.4 Å². The molecule has 0 atom stereocenters. The molecule has 0 saturated carbocycles. The van der Waals surface area contributed by atoms with Crippen molar-refractivity contribution in [3.8, 4) is 5.82 Å². The molecule has 0 aliphatic carbocycles. The second-order valence-electron chi connectivity index (χ2n) is 5.08. The van der Waals surface area contributed by atoms with Crippen molar-refractivity contribution in [2.24, 2.45) is 0 Å². The average molecular weight is 295 g/mol. The van der Waals surface area contributed by atoms with Crippen LogP contribution in [0.4, 0.5) is 0 Å². The van der Waals surface area contributed by atoms with E-state index in [0.717, 1.165) is 21.8 Å². The lowest BCUT2D eigenvalue weighted by Gasteiger charge is -2.17. The zero-order chi connectivity index (χ0) is 12.6. The fourth-order valence-corrected chi connectivity index (χ4v) is 1.77. The van der Waals surface area contributed by atoms with E-state index < -0.39 is 0 Å². The average Bonchev–Trinajstić information content (AvgIpc) is 2.62. The van der Waals surface area contributed by atoms with Crippen LogP contribution in [0.25, 0.3) is 5.82 Å². The van der Waals surface area contributed by atoms with E-state index >= 15 is 0 Å². The number of hydrogen-bond donors (Lipinski definition) is 0. The Labute approximate surface area is 109 Å². The molecule has 0 aliphatic rings. The summed E-state index contributed by atoms with van der Waals surface area (Å²) in [5, 5.41) is 4.26. The van der Waals surface area contributed by atoms with Crippen LogP contribution in [0.3, 0.4) is 0 Å². The van der Waals surface area contributed by atoms with Crippen molar-refractivity contribution in [1.29, 1.82) is 0 Å². The summed E-state index contributed by atoms with van der Waals surface area (Å²) >= 11 is 3.42. The van der Waals surface area contributed by atoms with Gasteiger partial charge in [0.15, 0.2) is 5.82 Å². The first-order valence-corrected chi connectivity index (χ1v) is 6.22. The number of halogens is 1. The van der Waals surface area contributed by atoms with Crippen LogP contribution in [-0.4, -0.2) is 19.7 Å². The maximum Gasteiger partial charge on any atom is 0.158 e. The first-order chi connectivity index (χ1) is 7.86. The minimum absolute atomic E-state index is 0.0826.